The molecule has 0 saturated carbocycles. The van der Waals surface area contributed by atoms with Gasteiger partial charge in [-0.15, -0.1) is 0 Å². The van der Waals surface area contributed by atoms with Crippen LogP contribution in [-0.2, 0) is 18.9 Å². The van der Waals surface area contributed by atoms with Crippen LogP contribution < -0.4 is 0 Å². The quantitative estimate of drug-likeness (QED) is 0.788. The molecule has 5 nitrogen and oxygen atoms in total. The topological polar surface area (TPSA) is 57.2 Å². The lowest BCUT2D eigenvalue weighted by atomic mass is 9.84. The van der Waals surface area contributed by atoms with Crippen molar-refractivity contribution in [2.75, 3.05) is 20.3 Å². The van der Waals surface area contributed by atoms with Gasteiger partial charge >= 0.3 is 0 Å². The van der Waals surface area contributed by atoms with Gasteiger partial charge in [0.15, 0.2) is 6.29 Å². The van der Waals surface area contributed by atoms with Gasteiger partial charge in [-0.3, -0.25) is 0 Å². The summed E-state index contributed by atoms with van der Waals surface area (Å²) in [6, 6.07) is 9.97. The average molecular weight is 362 g/mol. The summed E-state index contributed by atoms with van der Waals surface area (Å²) in [4.78, 5) is 0. The van der Waals surface area contributed by atoms with Crippen molar-refractivity contribution in [3.8, 4) is 0 Å². The maximum absolute atomic E-state index is 9.50. The van der Waals surface area contributed by atoms with E-state index in [1.807, 2.05) is 37.3 Å². The number of rotatable bonds is 6. The second-order valence-electron chi connectivity index (χ2n) is 7.40. The Kier molecular flexibility index (Phi) is 6.48. The molecule has 2 aliphatic heterocycles. The van der Waals surface area contributed by atoms with Gasteiger partial charge in [0.05, 0.1) is 18.8 Å². The molecule has 0 radical (unpaired) electrons. The summed E-state index contributed by atoms with van der Waals surface area (Å²) in [6.07, 6.45) is 1.40. The molecule has 2 aliphatic rings. The fourth-order valence-corrected chi connectivity index (χ4v) is 4.02. The Morgan fingerprint density at radius 1 is 1.19 bits per heavy atom. The molecule has 1 fully saturated rings. The zero-order chi connectivity index (χ0) is 18.7. The van der Waals surface area contributed by atoms with E-state index >= 15 is 0 Å². The zero-order valence-corrected chi connectivity index (χ0v) is 16.0. The van der Waals surface area contributed by atoms with E-state index in [9.17, 15) is 5.11 Å². The van der Waals surface area contributed by atoms with Crippen LogP contribution in [0.3, 0.4) is 0 Å². The number of hydrogen-bond donors (Lipinski definition) is 1. The molecule has 5 heteroatoms. The number of aliphatic hydroxyl groups excluding tert-OH is 1. The molecule has 144 valence electrons. The Hall–Kier alpha value is -1.24. The Labute approximate surface area is 155 Å². The van der Waals surface area contributed by atoms with E-state index in [2.05, 4.69) is 19.9 Å². The summed E-state index contributed by atoms with van der Waals surface area (Å²) in [6.45, 7) is 6.76. The Bertz CT molecular complexity index is 602. The monoisotopic (exact) mass is 362 g/mol. The molecule has 26 heavy (non-hydrogen) atoms. The van der Waals surface area contributed by atoms with Crippen LogP contribution in [0.25, 0.3) is 0 Å². The van der Waals surface area contributed by atoms with Gasteiger partial charge in [0.1, 0.15) is 12.2 Å². The van der Waals surface area contributed by atoms with E-state index in [1.54, 1.807) is 7.11 Å². The standard InChI is InChI=1S/C21H30O5/c1-13-10-17-18(12-24-21(26-17)16-8-6-5-7-9-16)25-20(13)15(3)19(23-4)14(2)11-22/h5-10,14-15,17-22H,11-12H2,1-4H3/t14-,15+,17+,18-,19+,20+,21-/m1/s1. The summed E-state index contributed by atoms with van der Waals surface area (Å²) < 4.78 is 24.0. The van der Waals surface area contributed by atoms with Gasteiger partial charge in [-0.05, 0) is 12.5 Å². The molecule has 0 bridgehead atoms. The number of hydrogen-bond acceptors (Lipinski definition) is 5. The molecule has 7 atom stereocenters. The molecule has 0 aliphatic carbocycles. The van der Waals surface area contributed by atoms with Crippen LogP contribution in [0, 0.1) is 11.8 Å². The van der Waals surface area contributed by atoms with E-state index in [-0.39, 0.29) is 49.1 Å². The maximum Gasteiger partial charge on any atom is 0.184 e. The summed E-state index contributed by atoms with van der Waals surface area (Å²) in [5.74, 6) is 0.164. The third kappa shape index (κ3) is 4.02. The van der Waals surface area contributed by atoms with Crippen LogP contribution in [-0.4, -0.2) is 49.8 Å². The van der Waals surface area contributed by atoms with Crippen molar-refractivity contribution in [3.05, 3.63) is 47.5 Å². The van der Waals surface area contributed by atoms with Crippen LogP contribution >= 0.6 is 0 Å². The number of aliphatic hydroxyl groups is 1. The van der Waals surface area contributed by atoms with Crippen molar-refractivity contribution in [1.29, 1.82) is 0 Å². The van der Waals surface area contributed by atoms with E-state index < -0.39 is 0 Å². The van der Waals surface area contributed by atoms with Crippen molar-refractivity contribution < 1.29 is 24.1 Å². The van der Waals surface area contributed by atoms with Crippen molar-refractivity contribution in [3.63, 3.8) is 0 Å². The van der Waals surface area contributed by atoms with Crippen LogP contribution in [0.4, 0.5) is 0 Å². The largest absolute Gasteiger partial charge is 0.396 e. The van der Waals surface area contributed by atoms with E-state index in [0.717, 1.165) is 11.1 Å². The lowest BCUT2D eigenvalue weighted by Crippen LogP contribution is -2.50. The summed E-state index contributed by atoms with van der Waals surface area (Å²) in [7, 11) is 1.69. The van der Waals surface area contributed by atoms with Gasteiger partial charge in [0.25, 0.3) is 0 Å². The maximum atomic E-state index is 9.50. The molecule has 0 unspecified atom stereocenters. The first-order valence-corrected chi connectivity index (χ1v) is 9.34. The molecular weight excluding hydrogens is 332 g/mol. The van der Waals surface area contributed by atoms with Gasteiger partial charge in [0.2, 0.25) is 0 Å². The molecule has 1 N–H and O–H groups in total. The fraction of sp³-hybridized carbons (Fsp3) is 0.619. The molecule has 0 spiro atoms. The van der Waals surface area contributed by atoms with Crippen LogP contribution in [0.1, 0.15) is 32.6 Å². The molecule has 3 rings (SSSR count). The Balaban J connectivity index is 1.72. The highest BCUT2D eigenvalue weighted by Gasteiger charge is 2.41. The number of ether oxygens (including phenoxy) is 4. The Morgan fingerprint density at radius 3 is 2.58 bits per heavy atom. The van der Waals surface area contributed by atoms with E-state index in [1.165, 1.54) is 0 Å². The highest BCUT2D eigenvalue weighted by molar-refractivity contribution is 5.19. The number of fused-ring (bicyclic) bond motifs is 1. The molecule has 1 aromatic rings. The lowest BCUT2D eigenvalue weighted by molar-refractivity contribution is -0.268. The van der Waals surface area contributed by atoms with Crippen LogP contribution in [0.2, 0.25) is 0 Å². The van der Waals surface area contributed by atoms with E-state index in [4.69, 9.17) is 18.9 Å². The van der Waals surface area contributed by atoms with E-state index in [0.29, 0.717) is 6.61 Å². The molecule has 2 heterocycles. The van der Waals surface area contributed by atoms with Gasteiger partial charge in [0, 0.05) is 31.1 Å². The highest BCUT2D eigenvalue weighted by Crippen LogP contribution is 2.36. The minimum Gasteiger partial charge on any atom is -0.396 e. The average Bonchev–Trinajstić information content (AvgIpc) is 2.67. The van der Waals surface area contributed by atoms with Gasteiger partial charge in [-0.25, -0.2) is 0 Å². The molecule has 0 aromatic heterocycles. The molecule has 0 amide bonds. The van der Waals surface area contributed by atoms with Crippen molar-refractivity contribution in [2.45, 2.75) is 51.5 Å². The summed E-state index contributed by atoms with van der Waals surface area (Å²) in [5, 5.41) is 9.50. The Morgan fingerprint density at radius 2 is 1.92 bits per heavy atom. The van der Waals surface area contributed by atoms with Crippen molar-refractivity contribution in [2.24, 2.45) is 11.8 Å². The fourth-order valence-electron chi connectivity index (χ4n) is 4.02. The second kappa shape index (κ2) is 8.63. The van der Waals surface area contributed by atoms with Gasteiger partial charge < -0.3 is 24.1 Å². The molecular formula is C21H30O5. The normalized spacial score (nSPS) is 32.3. The number of methoxy groups -OCH3 is 1. The van der Waals surface area contributed by atoms with Crippen molar-refractivity contribution in [1.82, 2.24) is 0 Å². The predicted octanol–water partition coefficient (Wildman–Crippen LogP) is 3.09. The zero-order valence-electron chi connectivity index (χ0n) is 16.0. The first-order chi connectivity index (χ1) is 12.5. The lowest BCUT2D eigenvalue weighted by Gasteiger charge is -2.43. The first-order valence-electron chi connectivity index (χ1n) is 9.34. The van der Waals surface area contributed by atoms with Crippen molar-refractivity contribution >= 4 is 0 Å². The van der Waals surface area contributed by atoms with Gasteiger partial charge in [-0.1, -0.05) is 50.3 Å². The third-order valence-corrected chi connectivity index (χ3v) is 5.44. The molecule has 1 aromatic carbocycles. The van der Waals surface area contributed by atoms with Gasteiger partial charge in [-0.2, -0.15) is 0 Å². The first kappa shape index (κ1) is 19.5. The second-order valence-corrected chi connectivity index (χ2v) is 7.40. The molecule has 1 saturated heterocycles. The third-order valence-electron chi connectivity index (χ3n) is 5.44. The number of benzene rings is 1. The summed E-state index contributed by atoms with van der Waals surface area (Å²) >= 11 is 0. The smallest absolute Gasteiger partial charge is 0.184 e. The SMILES string of the molecule is CO[C@H]([C@H](C)[C@H]1O[C@@H]2CO[C@@H](c3ccccc3)O[C@H]2C=C1C)[C@H](C)CO. The minimum atomic E-state index is -0.361. The minimum absolute atomic E-state index is 0.0467. The van der Waals surface area contributed by atoms with Crippen LogP contribution in [0.5, 0.6) is 0 Å². The summed E-state index contributed by atoms with van der Waals surface area (Å²) in [5.41, 5.74) is 2.16. The predicted molar refractivity (Wildman–Crippen MR) is 98.6 cm³/mol. The highest BCUT2D eigenvalue weighted by atomic mass is 16.7. The van der Waals surface area contributed by atoms with Crippen LogP contribution in [0.15, 0.2) is 42.0 Å².